The van der Waals surface area contributed by atoms with E-state index in [1.807, 2.05) is 17.5 Å². The Labute approximate surface area is 168 Å². The minimum Gasteiger partial charge on any atom is -0.493 e. The maximum Gasteiger partial charge on any atom is 0.268 e. The number of carbonyl (C=O) groups excluding carboxylic acids is 2. The first-order valence-electron chi connectivity index (χ1n) is 9.20. The molecule has 1 heterocycles. The van der Waals surface area contributed by atoms with Crippen LogP contribution in [-0.2, 0) is 4.79 Å². The quantitative estimate of drug-likeness (QED) is 0.697. The highest BCUT2D eigenvalue weighted by molar-refractivity contribution is 7.10. The summed E-state index contributed by atoms with van der Waals surface area (Å²) < 4.78 is 10.5. The van der Waals surface area contributed by atoms with Crippen LogP contribution in [0.15, 0.2) is 41.4 Å². The van der Waals surface area contributed by atoms with Crippen LogP contribution in [0.5, 0.6) is 11.5 Å². The minimum absolute atomic E-state index is 0.164. The van der Waals surface area contributed by atoms with Gasteiger partial charge in [-0.3, -0.25) is 9.59 Å². The zero-order valence-electron chi connectivity index (χ0n) is 16.0. The van der Waals surface area contributed by atoms with E-state index in [0.29, 0.717) is 17.1 Å². The molecule has 2 amide bonds. The number of nitrogens with one attached hydrogen (secondary N) is 2. The highest BCUT2D eigenvalue weighted by atomic mass is 32.1. The molecule has 0 atom stereocenters. The van der Waals surface area contributed by atoms with Gasteiger partial charge >= 0.3 is 0 Å². The second-order valence-electron chi connectivity index (χ2n) is 6.55. The van der Waals surface area contributed by atoms with Crippen LogP contribution in [0.25, 0.3) is 6.08 Å². The second-order valence-corrected chi connectivity index (χ2v) is 7.53. The van der Waals surface area contributed by atoms with Crippen molar-refractivity contribution in [3.05, 3.63) is 51.8 Å². The number of rotatable bonds is 7. The third kappa shape index (κ3) is 4.92. The molecule has 7 heteroatoms. The summed E-state index contributed by atoms with van der Waals surface area (Å²) in [4.78, 5) is 26.4. The molecular formula is C21H24N2O4S. The number of thiophene rings is 1. The summed E-state index contributed by atoms with van der Waals surface area (Å²) in [6.07, 6.45) is 5.89. The number of hydrogen-bond donors (Lipinski definition) is 2. The summed E-state index contributed by atoms with van der Waals surface area (Å²) in [6.45, 7) is 0. The number of methoxy groups -OCH3 is 2. The first-order valence-corrected chi connectivity index (χ1v) is 10.1. The highest BCUT2D eigenvalue weighted by Gasteiger charge is 2.21. The van der Waals surface area contributed by atoms with Crippen molar-refractivity contribution in [1.29, 1.82) is 0 Å². The lowest BCUT2D eigenvalue weighted by molar-refractivity contribution is -0.118. The van der Waals surface area contributed by atoms with Crippen LogP contribution in [0.2, 0.25) is 0 Å². The molecule has 0 spiro atoms. The highest BCUT2D eigenvalue weighted by Crippen LogP contribution is 2.27. The van der Waals surface area contributed by atoms with Gasteiger partial charge in [0, 0.05) is 16.5 Å². The Morgan fingerprint density at radius 1 is 1.11 bits per heavy atom. The molecular weight excluding hydrogens is 376 g/mol. The largest absolute Gasteiger partial charge is 0.493 e. The van der Waals surface area contributed by atoms with Gasteiger partial charge in [0.05, 0.1) is 14.2 Å². The fourth-order valence-electron chi connectivity index (χ4n) is 3.18. The lowest BCUT2D eigenvalue weighted by atomic mass is 10.1. The Balaban J connectivity index is 1.80. The zero-order valence-corrected chi connectivity index (χ0v) is 16.8. The van der Waals surface area contributed by atoms with Crippen molar-refractivity contribution < 1.29 is 19.1 Å². The molecule has 0 saturated heterocycles. The van der Waals surface area contributed by atoms with Gasteiger partial charge in [-0.15, -0.1) is 11.3 Å². The van der Waals surface area contributed by atoms with Crippen LogP contribution < -0.4 is 20.1 Å². The summed E-state index contributed by atoms with van der Waals surface area (Å²) in [5.74, 6) is 0.334. The van der Waals surface area contributed by atoms with Crippen LogP contribution >= 0.6 is 11.3 Å². The summed E-state index contributed by atoms with van der Waals surface area (Å²) >= 11 is 1.50. The Bertz CT molecular complexity index is 855. The molecule has 1 saturated carbocycles. The minimum atomic E-state index is -0.384. The van der Waals surface area contributed by atoms with Crippen molar-refractivity contribution in [2.24, 2.45) is 0 Å². The van der Waals surface area contributed by atoms with Gasteiger partial charge in [-0.05, 0) is 48.6 Å². The van der Waals surface area contributed by atoms with Crippen LogP contribution in [0, 0.1) is 0 Å². The van der Waals surface area contributed by atoms with E-state index in [1.54, 1.807) is 24.3 Å². The molecule has 1 aromatic carbocycles. The van der Waals surface area contributed by atoms with Crippen LogP contribution in [0.4, 0.5) is 0 Å². The van der Waals surface area contributed by atoms with E-state index in [-0.39, 0.29) is 23.6 Å². The Hall–Kier alpha value is -2.80. The number of benzene rings is 1. The van der Waals surface area contributed by atoms with E-state index in [2.05, 4.69) is 10.6 Å². The predicted molar refractivity (Wildman–Crippen MR) is 110 cm³/mol. The fourth-order valence-corrected chi connectivity index (χ4v) is 3.84. The summed E-state index contributed by atoms with van der Waals surface area (Å²) in [5, 5.41) is 7.71. The number of amides is 2. The molecule has 0 radical (unpaired) electrons. The summed E-state index contributed by atoms with van der Waals surface area (Å²) in [5.41, 5.74) is 0.609. The van der Waals surface area contributed by atoms with E-state index in [1.165, 1.54) is 25.6 Å². The Kier molecular flexibility index (Phi) is 6.71. The maximum atomic E-state index is 12.8. The fraction of sp³-hybridized carbons (Fsp3) is 0.333. The smallest absolute Gasteiger partial charge is 0.268 e. The van der Waals surface area contributed by atoms with Crippen molar-refractivity contribution in [1.82, 2.24) is 10.6 Å². The van der Waals surface area contributed by atoms with E-state index in [9.17, 15) is 9.59 Å². The molecule has 1 aliphatic carbocycles. The normalized spacial score (nSPS) is 14.6. The Morgan fingerprint density at radius 2 is 1.86 bits per heavy atom. The molecule has 2 aromatic rings. The summed E-state index contributed by atoms with van der Waals surface area (Å²) in [6, 6.07) is 8.85. The second kappa shape index (κ2) is 9.41. The van der Waals surface area contributed by atoms with Crippen molar-refractivity contribution >= 4 is 29.2 Å². The van der Waals surface area contributed by atoms with Crippen molar-refractivity contribution in [2.75, 3.05) is 14.2 Å². The van der Waals surface area contributed by atoms with Crippen molar-refractivity contribution in [3.63, 3.8) is 0 Å². The predicted octanol–water partition coefficient (Wildman–Crippen LogP) is 3.60. The van der Waals surface area contributed by atoms with Crippen molar-refractivity contribution in [2.45, 2.75) is 31.7 Å². The standard InChI is InChI=1S/C21H24N2O4S/c1-26-18-10-9-14(12-19(18)27-2)20(24)23-17(13-16-8-5-11-28-16)21(25)22-15-6-3-4-7-15/h5,8-13,15H,3-4,6-7H2,1-2H3,(H,22,25)(H,23,24)/b17-13-. The zero-order chi connectivity index (χ0) is 19.9. The number of ether oxygens (including phenoxy) is 2. The van der Waals surface area contributed by atoms with Crippen LogP contribution in [-0.4, -0.2) is 32.1 Å². The Morgan fingerprint density at radius 3 is 2.50 bits per heavy atom. The van der Waals surface area contributed by atoms with Crippen LogP contribution in [0.3, 0.4) is 0 Å². The molecule has 0 aliphatic heterocycles. The first kappa shape index (κ1) is 19.9. The molecule has 1 aromatic heterocycles. The molecule has 1 fully saturated rings. The third-order valence-corrected chi connectivity index (χ3v) is 5.48. The van der Waals surface area contributed by atoms with E-state index in [4.69, 9.17) is 9.47 Å². The van der Waals surface area contributed by atoms with E-state index < -0.39 is 0 Å². The van der Waals surface area contributed by atoms with Gasteiger partial charge < -0.3 is 20.1 Å². The molecule has 3 rings (SSSR count). The van der Waals surface area contributed by atoms with E-state index >= 15 is 0 Å². The van der Waals surface area contributed by atoms with Gasteiger partial charge in [0.2, 0.25) is 0 Å². The van der Waals surface area contributed by atoms with Crippen LogP contribution in [0.1, 0.15) is 40.9 Å². The average molecular weight is 401 g/mol. The molecule has 0 bridgehead atoms. The lowest BCUT2D eigenvalue weighted by Crippen LogP contribution is -2.39. The molecule has 6 nitrogen and oxygen atoms in total. The maximum absolute atomic E-state index is 12.8. The SMILES string of the molecule is COc1ccc(C(=O)N/C(=C\c2cccs2)C(=O)NC2CCCC2)cc1OC. The van der Waals surface area contributed by atoms with Gasteiger partial charge in [0.25, 0.3) is 11.8 Å². The number of hydrogen-bond acceptors (Lipinski definition) is 5. The summed E-state index contributed by atoms with van der Waals surface area (Å²) in [7, 11) is 3.05. The van der Waals surface area contributed by atoms with E-state index in [0.717, 1.165) is 30.6 Å². The third-order valence-electron chi connectivity index (χ3n) is 4.66. The van der Waals surface area contributed by atoms with Gasteiger partial charge in [0.15, 0.2) is 11.5 Å². The average Bonchev–Trinajstić information content (AvgIpc) is 3.41. The van der Waals surface area contributed by atoms with Gasteiger partial charge in [0.1, 0.15) is 5.70 Å². The number of carbonyl (C=O) groups is 2. The lowest BCUT2D eigenvalue weighted by Gasteiger charge is -2.15. The molecule has 28 heavy (non-hydrogen) atoms. The molecule has 2 N–H and O–H groups in total. The van der Waals surface area contributed by atoms with Gasteiger partial charge in [-0.2, -0.15) is 0 Å². The first-order chi connectivity index (χ1) is 13.6. The molecule has 0 unspecified atom stereocenters. The molecule has 148 valence electrons. The van der Waals surface area contributed by atoms with Gasteiger partial charge in [-0.1, -0.05) is 18.9 Å². The van der Waals surface area contributed by atoms with Gasteiger partial charge in [-0.25, -0.2) is 0 Å². The van der Waals surface area contributed by atoms with Crippen molar-refractivity contribution in [3.8, 4) is 11.5 Å². The topological polar surface area (TPSA) is 76.7 Å². The monoisotopic (exact) mass is 400 g/mol. The molecule has 1 aliphatic rings.